The molecule has 1 heterocycles. The maximum Gasteiger partial charge on any atom is 0.408 e. The number of anilines is 1. The van der Waals surface area contributed by atoms with Gasteiger partial charge in [0.25, 0.3) is 0 Å². The van der Waals surface area contributed by atoms with E-state index >= 15 is 0 Å². The Bertz CT molecular complexity index is 952. The van der Waals surface area contributed by atoms with Crippen LogP contribution in [-0.4, -0.2) is 39.9 Å². The van der Waals surface area contributed by atoms with E-state index in [2.05, 4.69) is 41.9 Å². The van der Waals surface area contributed by atoms with E-state index in [1.807, 2.05) is 20.8 Å². The van der Waals surface area contributed by atoms with Crippen LogP contribution >= 0.6 is 15.9 Å². The fraction of sp³-hybridized carbons (Fsp3) is 0.474. The van der Waals surface area contributed by atoms with Crippen molar-refractivity contribution in [1.29, 1.82) is 0 Å². The summed E-state index contributed by atoms with van der Waals surface area (Å²) in [6.45, 7) is 5.97. The standard InChI is InChI=1S/C19H24BrFN6O3/c1-18(2,3)29-17(28)25-19(6-7-19)8-9-23-16-14(26-30-27-16)15(22)24-11-4-5-13(21)12(20)10-11/h4-5,10H,6-9H2,1-3H3,(H2,22,24)(H,23,27)(H,25,28). The van der Waals surface area contributed by atoms with Gasteiger partial charge in [0.2, 0.25) is 5.82 Å². The second kappa shape index (κ2) is 8.58. The Balaban J connectivity index is 1.58. The number of hydrogen-bond acceptors (Lipinski definition) is 7. The molecule has 2 aromatic rings. The predicted molar refractivity (Wildman–Crippen MR) is 113 cm³/mol. The van der Waals surface area contributed by atoms with Crippen LogP contribution in [0.3, 0.4) is 0 Å². The first-order chi connectivity index (χ1) is 14.1. The van der Waals surface area contributed by atoms with Gasteiger partial charge >= 0.3 is 6.09 Å². The van der Waals surface area contributed by atoms with Crippen LogP contribution in [0.5, 0.6) is 0 Å². The lowest BCUT2D eigenvalue weighted by Crippen LogP contribution is -2.41. The molecular formula is C19H24BrFN6O3. The Labute approximate surface area is 181 Å². The molecule has 1 fully saturated rings. The van der Waals surface area contributed by atoms with Gasteiger partial charge in [-0.05, 0) is 84.5 Å². The minimum Gasteiger partial charge on any atom is -0.444 e. The molecule has 0 saturated heterocycles. The van der Waals surface area contributed by atoms with E-state index in [9.17, 15) is 9.18 Å². The molecule has 0 bridgehead atoms. The van der Waals surface area contributed by atoms with Gasteiger partial charge in [-0.15, -0.1) is 0 Å². The molecule has 1 saturated carbocycles. The van der Waals surface area contributed by atoms with Crippen molar-refractivity contribution in [2.24, 2.45) is 10.7 Å². The molecule has 1 aromatic heterocycles. The first-order valence-corrected chi connectivity index (χ1v) is 10.2. The smallest absolute Gasteiger partial charge is 0.408 e. The van der Waals surface area contributed by atoms with Crippen molar-refractivity contribution in [3.05, 3.63) is 34.2 Å². The van der Waals surface area contributed by atoms with Crippen molar-refractivity contribution in [1.82, 2.24) is 15.6 Å². The number of carbonyl (C=O) groups is 1. The van der Waals surface area contributed by atoms with E-state index < -0.39 is 17.5 Å². The van der Waals surface area contributed by atoms with Gasteiger partial charge in [0, 0.05) is 12.1 Å². The highest BCUT2D eigenvalue weighted by Crippen LogP contribution is 2.39. The number of halogens is 2. The fourth-order valence-electron chi connectivity index (χ4n) is 2.75. The highest BCUT2D eigenvalue weighted by Gasteiger charge is 2.44. The Kier molecular flexibility index (Phi) is 6.30. The summed E-state index contributed by atoms with van der Waals surface area (Å²) < 4.78 is 23.7. The molecule has 1 aliphatic rings. The van der Waals surface area contributed by atoms with Gasteiger partial charge in [-0.1, -0.05) is 0 Å². The maximum absolute atomic E-state index is 13.4. The third kappa shape index (κ3) is 5.91. The molecule has 162 valence electrons. The van der Waals surface area contributed by atoms with Crippen LogP contribution in [0.15, 0.2) is 32.3 Å². The molecule has 0 radical (unpaired) electrons. The Hall–Kier alpha value is -2.69. The molecular weight excluding hydrogens is 459 g/mol. The summed E-state index contributed by atoms with van der Waals surface area (Å²) in [7, 11) is 0. The van der Waals surface area contributed by atoms with E-state index in [1.54, 1.807) is 0 Å². The molecule has 4 N–H and O–H groups in total. The summed E-state index contributed by atoms with van der Waals surface area (Å²) >= 11 is 3.11. The number of nitrogens with zero attached hydrogens (tertiary/aromatic N) is 3. The number of amidine groups is 1. The number of alkyl carbamates (subject to hydrolysis) is 1. The van der Waals surface area contributed by atoms with E-state index in [-0.39, 0.29) is 21.5 Å². The molecule has 0 atom stereocenters. The van der Waals surface area contributed by atoms with Crippen molar-refractivity contribution in [3.63, 3.8) is 0 Å². The van der Waals surface area contributed by atoms with Crippen molar-refractivity contribution in [2.45, 2.75) is 51.2 Å². The number of carbonyl (C=O) groups excluding carboxylic acids is 1. The summed E-state index contributed by atoms with van der Waals surface area (Å²) in [5, 5.41) is 13.7. The van der Waals surface area contributed by atoms with Gasteiger partial charge in [-0.3, -0.25) is 0 Å². The summed E-state index contributed by atoms with van der Waals surface area (Å²) in [4.78, 5) is 16.2. The molecule has 1 aliphatic carbocycles. The number of ether oxygens (including phenoxy) is 1. The number of nitrogens with two attached hydrogens (primary N) is 1. The topological polar surface area (TPSA) is 128 Å². The molecule has 3 rings (SSSR count). The van der Waals surface area contributed by atoms with Crippen molar-refractivity contribution < 1.29 is 18.6 Å². The maximum atomic E-state index is 13.4. The van der Waals surface area contributed by atoms with Crippen molar-refractivity contribution in [2.75, 3.05) is 11.9 Å². The summed E-state index contributed by atoms with van der Waals surface area (Å²) in [5.74, 6) is 0.0164. The van der Waals surface area contributed by atoms with Crippen LogP contribution < -0.4 is 16.4 Å². The molecule has 11 heteroatoms. The van der Waals surface area contributed by atoms with E-state index in [0.717, 1.165) is 12.8 Å². The molecule has 9 nitrogen and oxygen atoms in total. The quantitative estimate of drug-likeness (QED) is 0.403. The molecule has 1 aromatic carbocycles. The number of benzene rings is 1. The average Bonchev–Trinajstić information content (AvgIpc) is 3.21. The normalized spacial score (nSPS) is 15.6. The van der Waals surface area contributed by atoms with Gasteiger partial charge in [0.05, 0.1) is 10.2 Å². The van der Waals surface area contributed by atoms with Crippen LogP contribution in [-0.2, 0) is 4.74 Å². The largest absolute Gasteiger partial charge is 0.444 e. The van der Waals surface area contributed by atoms with Gasteiger partial charge < -0.3 is 21.1 Å². The Morgan fingerprint density at radius 1 is 1.40 bits per heavy atom. The van der Waals surface area contributed by atoms with Gasteiger partial charge in [-0.25, -0.2) is 18.8 Å². The third-order valence-corrected chi connectivity index (χ3v) is 5.01. The van der Waals surface area contributed by atoms with Crippen LogP contribution in [0, 0.1) is 5.82 Å². The molecule has 0 aliphatic heterocycles. The van der Waals surface area contributed by atoms with Crippen LogP contribution in [0.4, 0.5) is 20.7 Å². The van der Waals surface area contributed by atoms with Gasteiger partial charge in [-0.2, -0.15) is 0 Å². The van der Waals surface area contributed by atoms with E-state index in [0.29, 0.717) is 24.5 Å². The number of amides is 1. The van der Waals surface area contributed by atoms with E-state index in [1.165, 1.54) is 18.2 Å². The second-order valence-corrected chi connectivity index (χ2v) is 9.00. The number of aromatic nitrogens is 2. The average molecular weight is 483 g/mol. The number of nitrogens with one attached hydrogen (secondary N) is 2. The van der Waals surface area contributed by atoms with Crippen LogP contribution in [0.25, 0.3) is 0 Å². The Morgan fingerprint density at radius 3 is 2.77 bits per heavy atom. The summed E-state index contributed by atoms with van der Waals surface area (Å²) in [6, 6.07) is 4.28. The number of hydrogen-bond donors (Lipinski definition) is 3. The first kappa shape index (κ1) is 22.0. The summed E-state index contributed by atoms with van der Waals surface area (Å²) in [5.41, 5.74) is 5.89. The molecule has 1 amide bonds. The molecule has 0 unspecified atom stereocenters. The highest BCUT2D eigenvalue weighted by atomic mass is 79.9. The van der Waals surface area contributed by atoms with Crippen molar-refractivity contribution >= 4 is 39.4 Å². The number of aliphatic imine (C=N–C) groups is 1. The lowest BCUT2D eigenvalue weighted by Gasteiger charge is -2.23. The molecule has 0 spiro atoms. The van der Waals surface area contributed by atoms with Crippen LogP contribution in [0.2, 0.25) is 0 Å². The third-order valence-electron chi connectivity index (χ3n) is 4.40. The predicted octanol–water partition coefficient (Wildman–Crippen LogP) is 3.87. The van der Waals surface area contributed by atoms with Gasteiger partial charge in [0.15, 0.2) is 11.5 Å². The first-order valence-electron chi connectivity index (χ1n) is 9.44. The number of rotatable bonds is 7. The zero-order chi connectivity index (χ0) is 21.9. The monoisotopic (exact) mass is 482 g/mol. The minimum absolute atomic E-state index is 0.0743. The Morgan fingerprint density at radius 2 is 2.13 bits per heavy atom. The zero-order valence-electron chi connectivity index (χ0n) is 17.0. The van der Waals surface area contributed by atoms with Gasteiger partial charge in [0.1, 0.15) is 11.4 Å². The minimum atomic E-state index is -0.545. The lowest BCUT2D eigenvalue weighted by molar-refractivity contribution is 0.0494. The lowest BCUT2D eigenvalue weighted by atomic mass is 10.2. The summed E-state index contributed by atoms with van der Waals surface area (Å²) in [6.07, 6.45) is 1.99. The van der Waals surface area contributed by atoms with Crippen LogP contribution in [0.1, 0.15) is 45.7 Å². The zero-order valence-corrected chi connectivity index (χ0v) is 18.5. The van der Waals surface area contributed by atoms with E-state index in [4.69, 9.17) is 15.1 Å². The second-order valence-electron chi connectivity index (χ2n) is 8.14. The highest BCUT2D eigenvalue weighted by molar-refractivity contribution is 9.10. The van der Waals surface area contributed by atoms with Crippen molar-refractivity contribution in [3.8, 4) is 0 Å². The molecule has 30 heavy (non-hydrogen) atoms. The SMILES string of the molecule is CC(C)(C)OC(=O)NC1(CCNc2nonc2C(N)=Nc2ccc(F)c(Br)c2)CC1. The fourth-order valence-corrected chi connectivity index (χ4v) is 3.11.